The van der Waals surface area contributed by atoms with Crippen molar-refractivity contribution in [3.8, 4) is 17.2 Å². The van der Waals surface area contributed by atoms with E-state index in [2.05, 4.69) is 17.1 Å². The number of hydrogen-bond donors (Lipinski definition) is 1. The maximum Gasteiger partial charge on any atom is 0.260 e. The molecule has 0 aromatic heterocycles. The zero-order chi connectivity index (χ0) is 24.3. The van der Waals surface area contributed by atoms with Gasteiger partial charge in [0.2, 0.25) is 10.0 Å². The summed E-state index contributed by atoms with van der Waals surface area (Å²) in [6.07, 6.45) is 4.08. The Kier molecular flexibility index (Phi) is 9.74. The Balaban J connectivity index is 2.13. The van der Waals surface area contributed by atoms with Crippen LogP contribution in [0.4, 0.5) is 5.69 Å². The van der Waals surface area contributed by atoms with Gasteiger partial charge >= 0.3 is 0 Å². The first-order valence-corrected chi connectivity index (χ1v) is 12.2. The minimum absolute atomic E-state index is 0.275. The molecule has 0 unspecified atom stereocenters. The lowest BCUT2D eigenvalue weighted by Crippen LogP contribution is -2.39. The molecule has 178 valence electrons. The van der Waals surface area contributed by atoms with E-state index < -0.39 is 22.5 Å². The molecular formula is C23H29N3O6S. The first-order chi connectivity index (χ1) is 15.8. The van der Waals surface area contributed by atoms with Gasteiger partial charge in [-0.25, -0.2) is 13.8 Å². The van der Waals surface area contributed by atoms with Crippen LogP contribution in [0.2, 0.25) is 0 Å². The van der Waals surface area contributed by atoms with E-state index in [1.165, 1.54) is 6.21 Å². The molecule has 0 bridgehead atoms. The molecule has 2 aromatic rings. The molecule has 9 nitrogen and oxygen atoms in total. The number of carbonyl (C=O) groups is 1. The number of benzene rings is 2. The van der Waals surface area contributed by atoms with Gasteiger partial charge in [-0.2, -0.15) is 5.10 Å². The number of amides is 1. The molecule has 2 rings (SSSR count). The largest absolute Gasteiger partial charge is 0.492 e. The van der Waals surface area contributed by atoms with E-state index in [0.29, 0.717) is 42.6 Å². The summed E-state index contributed by atoms with van der Waals surface area (Å²) < 4.78 is 42.3. The van der Waals surface area contributed by atoms with Gasteiger partial charge in [0.15, 0.2) is 11.5 Å². The number of hydrogen-bond acceptors (Lipinski definition) is 7. The van der Waals surface area contributed by atoms with Gasteiger partial charge in [-0.15, -0.1) is 0 Å². The van der Waals surface area contributed by atoms with Crippen LogP contribution in [-0.4, -0.2) is 53.2 Å². The minimum Gasteiger partial charge on any atom is -0.492 e. The molecule has 0 aliphatic rings. The molecule has 0 fully saturated rings. The van der Waals surface area contributed by atoms with Crippen LogP contribution in [0.3, 0.4) is 0 Å². The van der Waals surface area contributed by atoms with Gasteiger partial charge in [0, 0.05) is 0 Å². The fourth-order valence-corrected chi connectivity index (χ4v) is 3.67. The van der Waals surface area contributed by atoms with Crippen molar-refractivity contribution >= 4 is 27.8 Å². The molecule has 0 atom stereocenters. The lowest BCUT2D eigenvalue weighted by molar-refractivity contribution is -0.119. The number of ether oxygens (including phenoxy) is 3. The van der Waals surface area contributed by atoms with Crippen molar-refractivity contribution in [2.45, 2.75) is 13.8 Å². The second kappa shape index (κ2) is 12.5. The molecule has 0 heterocycles. The van der Waals surface area contributed by atoms with Crippen LogP contribution in [-0.2, 0) is 14.8 Å². The Bertz CT molecular complexity index is 1090. The monoisotopic (exact) mass is 475 g/mol. The van der Waals surface area contributed by atoms with Crippen LogP contribution in [0.15, 0.2) is 60.2 Å². The highest BCUT2D eigenvalue weighted by atomic mass is 32.2. The van der Waals surface area contributed by atoms with E-state index in [-0.39, 0.29) is 5.69 Å². The third kappa shape index (κ3) is 7.83. The fraction of sp³-hybridized carbons (Fsp3) is 0.304. The summed E-state index contributed by atoms with van der Waals surface area (Å²) in [6, 6.07) is 11.8. The molecule has 33 heavy (non-hydrogen) atoms. The molecular weight excluding hydrogens is 446 g/mol. The molecule has 0 aliphatic carbocycles. The number of anilines is 1. The van der Waals surface area contributed by atoms with E-state index in [9.17, 15) is 13.2 Å². The van der Waals surface area contributed by atoms with Gasteiger partial charge in [-0.05, 0) is 49.7 Å². The lowest BCUT2D eigenvalue weighted by Gasteiger charge is -2.23. The van der Waals surface area contributed by atoms with E-state index in [1.54, 1.807) is 55.5 Å². The normalized spacial score (nSPS) is 11.1. The number of hydrazone groups is 1. The van der Waals surface area contributed by atoms with Gasteiger partial charge in [-0.3, -0.25) is 9.10 Å². The highest BCUT2D eigenvalue weighted by Gasteiger charge is 2.23. The SMILES string of the molecule is C=CCOc1ccc(/C=N\NC(=O)CN(c2ccccc2OCC)S(C)(=O)=O)cc1OCC. The molecule has 2 aromatic carbocycles. The van der Waals surface area contributed by atoms with Gasteiger partial charge in [0.25, 0.3) is 5.91 Å². The van der Waals surface area contributed by atoms with Crippen molar-refractivity contribution in [3.05, 3.63) is 60.7 Å². The predicted octanol–water partition coefficient (Wildman–Crippen LogP) is 2.97. The maximum atomic E-state index is 12.4. The van der Waals surface area contributed by atoms with Crippen molar-refractivity contribution in [3.63, 3.8) is 0 Å². The molecule has 10 heteroatoms. The van der Waals surface area contributed by atoms with E-state index in [1.807, 2.05) is 6.92 Å². The Morgan fingerprint density at radius 1 is 1.06 bits per heavy atom. The Morgan fingerprint density at radius 2 is 1.76 bits per heavy atom. The van der Waals surface area contributed by atoms with Crippen molar-refractivity contribution in [2.24, 2.45) is 5.10 Å². The summed E-state index contributed by atoms with van der Waals surface area (Å²) in [5, 5.41) is 3.93. The standard InChI is InChI=1S/C23H29N3O6S/c1-5-14-32-21-13-12-18(15-22(21)31-7-3)16-24-25-23(27)17-26(33(4,28)29)19-10-8-9-11-20(19)30-6-2/h5,8-13,15-16H,1,6-7,14,17H2,2-4H3,(H,25,27)/b24-16-. The quantitative estimate of drug-likeness (QED) is 0.271. The highest BCUT2D eigenvalue weighted by molar-refractivity contribution is 7.92. The smallest absolute Gasteiger partial charge is 0.260 e. The van der Waals surface area contributed by atoms with Crippen LogP contribution >= 0.6 is 0 Å². The van der Waals surface area contributed by atoms with Crippen LogP contribution < -0.4 is 23.9 Å². The topological polar surface area (TPSA) is 107 Å². The number of para-hydroxylation sites is 2. The molecule has 1 N–H and O–H groups in total. The first kappa shape index (κ1) is 25.7. The van der Waals surface area contributed by atoms with Gasteiger partial charge in [-0.1, -0.05) is 24.8 Å². The zero-order valence-electron chi connectivity index (χ0n) is 19.0. The molecule has 0 aliphatic heterocycles. The third-order valence-corrected chi connectivity index (χ3v) is 5.27. The number of carbonyl (C=O) groups excluding carboxylic acids is 1. The van der Waals surface area contributed by atoms with Crippen LogP contribution in [0.1, 0.15) is 19.4 Å². The molecule has 0 saturated carbocycles. The Morgan fingerprint density at radius 3 is 2.42 bits per heavy atom. The van der Waals surface area contributed by atoms with Gasteiger partial charge < -0.3 is 14.2 Å². The van der Waals surface area contributed by atoms with Crippen LogP contribution in [0, 0.1) is 0 Å². The molecule has 0 spiro atoms. The predicted molar refractivity (Wildman–Crippen MR) is 129 cm³/mol. The van der Waals surface area contributed by atoms with E-state index >= 15 is 0 Å². The third-order valence-electron chi connectivity index (χ3n) is 4.15. The molecule has 0 radical (unpaired) electrons. The fourth-order valence-electron chi connectivity index (χ4n) is 2.81. The minimum atomic E-state index is -3.75. The second-order valence-corrected chi connectivity index (χ2v) is 8.61. The zero-order valence-corrected chi connectivity index (χ0v) is 19.8. The summed E-state index contributed by atoms with van der Waals surface area (Å²) in [6.45, 7) is 7.95. The summed E-state index contributed by atoms with van der Waals surface area (Å²) in [5.41, 5.74) is 3.29. The number of sulfonamides is 1. The Hall–Kier alpha value is -3.53. The Labute approximate surface area is 194 Å². The maximum absolute atomic E-state index is 12.4. The van der Waals surface area contributed by atoms with E-state index in [0.717, 1.165) is 10.6 Å². The number of rotatable bonds is 13. The van der Waals surface area contributed by atoms with Gasteiger partial charge in [0.1, 0.15) is 18.9 Å². The lowest BCUT2D eigenvalue weighted by atomic mass is 10.2. The van der Waals surface area contributed by atoms with Crippen LogP contribution in [0.5, 0.6) is 17.2 Å². The number of nitrogens with zero attached hydrogens (tertiary/aromatic N) is 2. The van der Waals surface area contributed by atoms with Crippen molar-refractivity contribution < 1.29 is 27.4 Å². The second-order valence-electron chi connectivity index (χ2n) is 6.70. The van der Waals surface area contributed by atoms with Crippen molar-refractivity contribution in [1.29, 1.82) is 0 Å². The summed E-state index contributed by atoms with van der Waals surface area (Å²) in [4.78, 5) is 12.4. The first-order valence-electron chi connectivity index (χ1n) is 10.3. The summed E-state index contributed by atoms with van der Waals surface area (Å²) in [5.74, 6) is 0.850. The van der Waals surface area contributed by atoms with Crippen LogP contribution in [0.25, 0.3) is 0 Å². The van der Waals surface area contributed by atoms with E-state index in [4.69, 9.17) is 14.2 Å². The van der Waals surface area contributed by atoms with Gasteiger partial charge in [0.05, 0.1) is 31.4 Å². The average Bonchev–Trinajstić information content (AvgIpc) is 2.77. The average molecular weight is 476 g/mol. The molecule has 0 saturated heterocycles. The summed E-state index contributed by atoms with van der Waals surface area (Å²) >= 11 is 0. The molecule has 1 amide bonds. The van der Waals surface area contributed by atoms with Crippen molar-refractivity contribution in [1.82, 2.24) is 5.43 Å². The van der Waals surface area contributed by atoms with Crippen molar-refractivity contribution in [2.75, 3.05) is 36.9 Å². The summed E-state index contributed by atoms with van der Waals surface area (Å²) in [7, 11) is -3.75. The highest BCUT2D eigenvalue weighted by Crippen LogP contribution is 2.30. The number of nitrogens with one attached hydrogen (secondary N) is 1.